The van der Waals surface area contributed by atoms with Crippen LogP contribution >= 0.6 is 39.1 Å². The van der Waals surface area contributed by atoms with Gasteiger partial charge in [-0.1, -0.05) is 11.6 Å². The molecule has 2 aromatic rings. The molecule has 1 aromatic heterocycles. The summed E-state index contributed by atoms with van der Waals surface area (Å²) in [5, 5.41) is 4.63. The van der Waals surface area contributed by atoms with Gasteiger partial charge in [-0.2, -0.15) is 4.37 Å². The van der Waals surface area contributed by atoms with Gasteiger partial charge in [0.2, 0.25) is 0 Å². The number of aryl methyl sites for hydroxylation is 2. The van der Waals surface area contributed by atoms with E-state index in [2.05, 4.69) is 25.6 Å². The molecule has 0 fully saturated rings. The van der Waals surface area contributed by atoms with E-state index in [1.807, 2.05) is 26.0 Å². The van der Waals surface area contributed by atoms with Gasteiger partial charge in [0.1, 0.15) is 5.00 Å². The van der Waals surface area contributed by atoms with Crippen LogP contribution in [0.5, 0.6) is 0 Å². The first-order valence-electron chi connectivity index (χ1n) is 5.60. The Kier molecular flexibility index (Phi) is 4.28. The fourth-order valence-electron chi connectivity index (χ4n) is 1.73. The molecule has 0 aliphatic heterocycles. The molecule has 0 bridgehead atoms. The molecule has 1 aromatic carbocycles. The number of nitrogens with zero attached hydrogens (tertiary/aromatic N) is 1. The zero-order chi connectivity index (χ0) is 14.2. The number of hydrogen-bond donors (Lipinski definition) is 1. The molecule has 6 heteroatoms. The molecular weight excluding hydrogens is 348 g/mol. The second-order valence-electron chi connectivity index (χ2n) is 4.23. The minimum atomic E-state index is 0.00285. The molecule has 0 aliphatic rings. The SMILES string of the molecule is CC(=O)c1c(C)nsc1Nc1cc(Cl)c(C)cc1Br. The first-order valence-corrected chi connectivity index (χ1v) is 7.54. The number of ketones is 1. The Labute approximate surface area is 129 Å². The van der Waals surface area contributed by atoms with Crippen molar-refractivity contribution >= 4 is 55.5 Å². The lowest BCUT2D eigenvalue weighted by Crippen LogP contribution is -1.99. The molecule has 0 atom stereocenters. The summed E-state index contributed by atoms with van der Waals surface area (Å²) in [5.41, 5.74) is 3.19. The first-order chi connectivity index (χ1) is 8.90. The molecular formula is C13H12BrClN2OS. The predicted octanol–water partition coefficient (Wildman–Crippen LogP) is 5.12. The maximum atomic E-state index is 11.6. The van der Waals surface area contributed by atoms with Crippen LogP contribution in [0, 0.1) is 13.8 Å². The Balaban J connectivity index is 2.42. The number of halogens is 2. The highest BCUT2D eigenvalue weighted by Gasteiger charge is 2.16. The van der Waals surface area contributed by atoms with Gasteiger partial charge >= 0.3 is 0 Å². The van der Waals surface area contributed by atoms with E-state index >= 15 is 0 Å². The van der Waals surface area contributed by atoms with Crippen molar-refractivity contribution in [1.29, 1.82) is 0 Å². The molecule has 2 rings (SSSR count). The zero-order valence-electron chi connectivity index (χ0n) is 10.7. The number of benzene rings is 1. The number of rotatable bonds is 3. The fraction of sp³-hybridized carbons (Fsp3) is 0.231. The van der Waals surface area contributed by atoms with Crippen molar-refractivity contribution in [1.82, 2.24) is 4.37 Å². The predicted molar refractivity (Wildman–Crippen MR) is 84.0 cm³/mol. The lowest BCUT2D eigenvalue weighted by Gasteiger charge is -2.10. The maximum absolute atomic E-state index is 11.6. The summed E-state index contributed by atoms with van der Waals surface area (Å²) >= 11 is 10.9. The highest BCUT2D eigenvalue weighted by Crippen LogP contribution is 2.34. The minimum Gasteiger partial charge on any atom is -0.344 e. The average molecular weight is 360 g/mol. The van der Waals surface area contributed by atoms with Crippen LogP contribution < -0.4 is 5.32 Å². The molecule has 1 N–H and O–H groups in total. The van der Waals surface area contributed by atoms with Gasteiger partial charge in [-0.15, -0.1) is 0 Å². The second kappa shape index (κ2) is 5.61. The normalized spacial score (nSPS) is 10.6. The highest BCUT2D eigenvalue weighted by molar-refractivity contribution is 9.10. The Morgan fingerprint density at radius 1 is 1.42 bits per heavy atom. The van der Waals surface area contributed by atoms with Gasteiger partial charge in [-0.25, -0.2) is 0 Å². The third kappa shape index (κ3) is 2.99. The van der Waals surface area contributed by atoms with Crippen molar-refractivity contribution in [3.8, 4) is 0 Å². The molecule has 1 heterocycles. The Hall–Kier alpha value is -0.910. The Morgan fingerprint density at radius 3 is 2.74 bits per heavy atom. The van der Waals surface area contributed by atoms with E-state index in [4.69, 9.17) is 11.6 Å². The minimum absolute atomic E-state index is 0.00285. The van der Waals surface area contributed by atoms with Crippen LogP contribution in [-0.2, 0) is 0 Å². The summed E-state index contributed by atoms with van der Waals surface area (Å²) in [6.45, 7) is 5.31. The number of carbonyl (C=O) groups excluding carboxylic acids is 1. The van der Waals surface area contributed by atoms with Crippen molar-refractivity contribution in [3.05, 3.63) is 38.4 Å². The lowest BCUT2D eigenvalue weighted by atomic mass is 10.1. The first kappa shape index (κ1) is 14.5. The summed E-state index contributed by atoms with van der Waals surface area (Å²) in [7, 11) is 0. The maximum Gasteiger partial charge on any atom is 0.164 e. The van der Waals surface area contributed by atoms with Gasteiger partial charge in [0.15, 0.2) is 5.78 Å². The van der Waals surface area contributed by atoms with Crippen LogP contribution in [0.15, 0.2) is 16.6 Å². The van der Waals surface area contributed by atoms with E-state index in [1.54, 1.807) is 6.92 Å². The van der Waals surface area contributed by atoms with Crippen molar-refractivity contribution in [2.24, 2.45) is 0 Å². The van der Waals surface area contributed by atoms with E-state index in [0.717, 1.165) is 26.4 Å². The molecule has 0 amide bonds. The van der Waals surface area contributed by atoms with E-state index in [0.29, 0.717) is 10.6 Å². The van der Waals surface area contributed by atoms with Crippen molar-refractivity contribution in [2.75, 3.05) is 5.32 Å². The van der Waals surface area contributed by atoms with Crippen molar-refractivity contribution < 1.29 is 4.79 Å². The van der Waals surface area contributed by atoms with Gasteiger partial charge in [0.05, 0.1) is 16.9 Å². The number of nitrogens with one attached hydrogen (secondary N) is 1. The quantitative estimate of drug-likeness (QED) is 0.773. The van der Waals surface area contributed by atoms with Gasteiger partial charge in [-0.05, 0) is 65.9 Å². The van der Waals surface area contributed by atoms with Crippen LogP contribution in [-0.4, -0.2) is 10.2 Å². The molecule has 0 saturated heterocycles. The average Bonchev–Trinajstić information content (AvgIpc) is 2.67. The number of carbonyl (C=O) groups is 1. The molecule has 0 spiro atoms. The van der Waals surface area contributed by atoms with Gasteiger partial charge < -0.3 is 5.32 Å². The van der Waals surface area contributed by atoms with Gasteiger partial charge in [-0.3, -0.25) is 4.79 Å². The molecule has 0 saturated carbocycles. The number of Topliss-reactive ketones (excluding diaryl/α,β-unsaturated/α-hetero) is 1. The van der Waals surface area contributed by atoms with Crippen LogP contribution in [0.3, 0.4) is 0 Å². The summed E-state index contributed by atoms with van der Waals surface area (Å²) < 4.78 is 5.11. The van der Waals surface area contributed by atoms with E-state index in [9.17, 15) is 4.79 Å². The third-order valence-electron chi connectivity index (χ3n) is 2.71. The molecule has 3 nitrogen and oxygen atoms in total. The summed E-state index contributed by atoms with van der Waals surface area (Å²) in [5.74, 6) is 0.00285. The Bertz CT molecular complexity index is 654. The largest absolute Gasteiger partial charge is 0.344 e. The molecule has 19 heavy (non-hydrogen) atoms. The number of aromatic nitrogens is 1. The van der Waals surface area contributed by atoms with Crippen LogP contribution in [0.2, 0.25) is 5.02 Å². The summed E-state index contributed by atoms with van der Waals surface area (Å²) in [6, 6.07) is 3.77. The third-order valence-corrected chi connectivity index (χ3v) is 4.63. The summed E-state index contributed by atoms with van der Waals surface area (Å²) in [6.07, 6.45) is 0. The van der Waals surface area contributed by atoms with E-state index < -0.39 is 0 Å². The summed E-state index contributed by atoms with van der Waals surface area (Å²) in [4.78, 5) is 11.6. The van der Waals surface area contributed by atoms with Crippen LogP contribution in [0.25, 0.3) is 0 Å². The van der Waals surface area contributed by atoms with Gasteiger partial charge in [0.25, 0.3) is 0 Å². The Morgan fingerprint density at radius 2 is 2.11 bits per heavy atom. The highest BCUT2D eigenvalue weighted by atomic mass is 79.9. The van der Waals surface area contributed by atoms with Crippen LogP contribution in [0.1, 0.15) is 28.5 Å². The van der Waals surface area contributed by atoms with Gasteiger partial charge in [0, 0.05) is 9.50 Å². The van der Waals surface area contributed by atoms with Crippen molar-refractivity contribution in [3.63, 3.8) is 0 Å². The van der Waals surface area contributed by atoms with E-state index in [-0.39, 0.29) is 5.78 Å². The molecule has 0 radical (unpaired) electrons. The molecule has 0 aliphatic carbocycles. The standard InChI is InChI=1S/C13H12BrClN2OS/c1-6-4-9(14)11(5-10(6)15)16-13-12(8(3)18)7(2)17-19-13/h4-5,16H,1-3H3. The monoisotopic (exact) mass is 358 g/mol. The smallest absolute Gasteiger partial charge is 0.164 e. The fourth-order valence-corrected chi connectivity index (χ4v) is 3.31. The molecule has 100 valence electrons. The second-order valence-corrected chi connectivity index (χ2v) is 6.27. The number of anilines is 2. The van der Waals surface area contributed by atoms with Crippen molar-refractivity contribution in [2.45, 2.75) is 20.8 Å². The molecule has 0 unspecified atom stereocenters. The topological polar surface area (TPSA) is 42.0 Å². The number of hydrogen-bond acceptors (Lipinski definition) is 4. The zero-order valence-corrected chi connectivity index (χ0v) is 13.8. The lowest BCUT2D eigenvalue weighted by molar-refractivity contribution is 0.101. The van der Waals surface area contributed by atoms with E-state index in [1.165, 1.54) is 11.5 Å². The van der Waals surface area contributed by atoms with Crippen LogP contribution in [0.4, 0.5) is 10.7 Å².